The summed E-state index contributed by atoms with van der Waals surface area (Å²) in [6.45, 7) is 3.65. The number of halogens is 2. The SMILES string of the molecule is CCOC(=O)C(C)(CSc1cc(F)ccc1F)NC. The Labute approximate surface area is 115 Å². The fraction of sp³-hybridized carbons (Fsp3) is 0.462. The van der Waals surface area contributed by atoms with Crippen LogP contribution in [0.25, 0.3) is 0 Å². The lowest BCUT2D eigenvalue weighted by Gasteiger charge is -2.26. The second-order valence-corrected chi connectivity index (χ2v) is 5.18. The van der Waals surface area contributed by atoms with Crippen LogP contribution in [0.2, 0.25) is 0 Å². The number of thioether (sulfide) groups is 1. The molecule has 0 saturated carbocycles. The number of benzene rings is 1. The number of nitrogens with one attached hydrogen (secondary N) is 1. The summed E-state index contributed by atoms with van der Waals surface area (Å²) in [7, 11) is 1.62. The molecule has 0 aliphatic carbocycles. The molecular formula is C13H17F2NO2S. The van der Waals surface area contributed by atoms with E-state index in [0.717, 1.165) is 30.0 Å². The van der Waals surface area contributed by atoms with Crippen molar-refractivity contribution in [2.45, 2.75) is 24.3 Å². The Balaban J connectivity index is 2.77. The van der Waals surface area contributed by atoms with E-state index in [1.165, 1.54) is 0 Å². The molecule has 0 saturated heterocycles. The highest BCUT2D eigenvalue weighted by atomic mass is 32.2. The maximum absolute atomic E-state index is 13.5. The van der Waals surface area contributed by atoms with Crippen LogP contribution in [0.15, 0.2) is 23.1 Å². The molecule has 0 amide bonds. The molecule has 0 aliphatic heterocycles. The quantitative estimate of drug-likeness (QED) is 0.645. The summed E-state index contributed by atoms with van der Waals surface area (Å²) in [5.74, 6) is -1.19. The molecule has 0 spiro atoms. The van der Waals surface area contributed by atoms with Gasteiger partial charge in [-0.1, -0.05) is 0 Å². The van der Waals surface area contributed by atoms with Gasteiger partial charge in [0.1, 0.15) is 17.2 Å². The molecule has 1 aromatic rings. The van der Waals surface area contributed by atoms with Gasteiger partial charge in [-0.2, -0.15) is 0 Å². The van der Waals surface area contributed by atoms with Crippen molar-refractivity contribution in [3.05, 3.63) is 29.8 Å². The van der Waals surface area contributed by atoms with Crippen LogP contribution in [0.1, 0.15) is 13.8 Å². The Kier molecular flexibility index (Phi) is 5.75. The summed E-state index contributed by atoms with van der Waals surface area (Å²) in [6, 6.07) is 3.24. The first-order valence-corrected chi connectivity index (χ1v) is 6.85. The molecule has 0 radical (unpaired) electrons. The van der Waals surface area contributed by atoms with E-state index < -0.39 is 23.1 Å². The van der Waals surface area contributed by atoms with Crippen LogP contribution in [0.3, 0.4) is 0 Å². The maximum atomic E-state index is 13.5. The molecule has 3 nitrogen and oxygen atoms in total. The number of hydrogen-bond donors (Lipinski definition) is 1. The van der Waals surface area contributed by atoms with Gasteiger partial charge in [-0.05, 0) is 39.1 Å². The van der Waals surface area contributed by atoms with Crippen molar-refractivity contribution in [2.24, 2.45) is 0 Å². The maximum Gasteiger partial charge on any atom is 0.326 e. The van der Waals surface area contributed by atoms with Crippen molar-refractivity contribution in [1.82, 2.24) is 5.32 Å². The Hall–Kier alpha value is -1.14. The highest BCUT2D eigenvalue weighted by Gasteiger charge is 2.33. The number of carbonyl (C=O) groups excluding carboxylic acids is 1. The van der Waals surface area contributed by atoms with Gasteiger partial charge >= 0.3 is 5.97 Å². The molecule has 1 aromatic carbocycles. The number of esters is 1. The standard InChI is InChI=1S/C13H17F2NO2S/c1-4-18-12(17)13(2,16-3)8-19-11-7-9(14)5-6-10(11)15/h5-7,16H,4,8H2,1-3H3. The molecule has 1 atom stereocenters. The largest absolute Gasteiger partial charge is 0.465 e. The first kappa shape index (κ1) is 15.9. The van der Waals surface area contributed by atoms with Gasteiger partial charge in [0.2, 0.25) is 0 Å². The van der Waals surface area contributed by atoms with E-state index in [2.05, 4.69) is 5.32 Å². The van der Waals surface area contributed by atoms with Crippen molar-refractivity contribution >= 4 is 17.7 Å². The molecule has 1 unspecified atom stereocenters. The molecule has 1 rings (SSSR count). The predicted octanol–water partition coefficient (Wildman–Crippen LogP) is 2.60. The van der Waals surface area contributed by atoms with Gasteiger partial charge in [0, 0.05) is 10.6 Å². The third-order valence-electron chi connectivity index (χ3n) is 2.69. The van der Waals surface area contributed by atoms with Crippen LogP contribution in [0.5, 0.6) is 0 Å². The molecule has 0 aliphatic rings. The van der Waals surface area contributed by atoms with Gasteiger partial charge < -0.3 is 10.1 Å². The highest BCUT2D eigenvalue weighted by molar-refractivity contribution is 7.99. The first-order valence-electron chi connectivity index (χ1n) is 5.87. The van der Waals surface area contributed by atoms with Gasteiger partial charge in [-0.25, -0.2) is 8.78 Å². The van der Waals surface area contributed by atoms with Crippen LogP contribution in [-0.4, -0.2) is 30.9 Å². The summed E-state index contributed by atoms with van der Waals surface area (Å²) in [5.41, 5.74) is -0.945. The molecule has 0 fully saturated rings. The number of ether oxygens (including phenoxy) is 1. The van der Waals surface area contributed by atoms with Crippen molar-refractivity contribution in [2.75, 3.05) is 19.4 Å². The number of carbonyl (C=O) groups is 1. The van der Waals surface area contributed by atoms with Gasteiger partial charge in [-0.15, -0.1) is 11.8 Å². The summed E-state index contributed by atoms with van der Waals surface area (Å²) in [4.78, 5) is 12.0. The summed E-state index contributed by atoms with van der Waals surface area (Å²) in [6.07, 6.45) is 0. The van der Waals surface area contributed by atoms with Crippen molar-refractivity contribution in [3.8, 4) is 0 Å². The van der Waals surface area contributed by atoms with E-state index in [9.17, 15) is 13.6 Å². The lowest BCUT2D eigenvalue weighted by atomic mass is 10.1. The lowest BCUT2D eigenvalue weighted by Crippen LogP contribution is -2.50. The minimum Gasteiger partial charge on any atom is -0.465 e. The topological polar surface area (TPSA) is 38.3 Å². The smallest absolute Gasteiger partial charge is 0.326 e. The third kappa shape index (κ3) is 4.18. The summed E-state index contributed by atoms with van der Waals surface area (Å²) < 4.78 is 31.5. The number of rotatable bonds is 6. The monoisotopic (exact) mass is 289 g/mol. The molecule has 19 heavy (non-hydrogen) atoms. The molecule has 1 N–H and O–H groups in total. The van der Waals surface area contributed by atoms with Crippen molar-refractivity contribution in [3.63, 3.8) is 0 Å². The molecule has 0 heterocycles. The van der Waals surface area contributed by atoms with E-state index >= 15 is 0 Å². The fourth-order valence-corrected chi connectivity index (χ4v) is 2.44. The molecule has 0 bridgehead atoms. The van der Waals surface area contributed by atoms with Crippen LogP contribution in [0.4, 0.5) is 8.78 Å². The minimum atomic E-state index is -0.945. The number of hydrogen-bond acceptors (Lipinski definition) is 4. The van der Waals surface area contributed by atoms with Crippen LogP contribution in [-0.2, 0) is 9.53 Å². The van der Waals surface area contributed by atoms with Gasteiger partial charge in [0.05, 0.1) is 6.61 Å². The number of likely N-dealkylation sites (N-methyl/N-ethyl adjacent to an activating group) is 1. The Morgan fingerprint density at radius 2 is 2.16 bits per heavy atom. The van der Waals surface area contributed by atoms with Gasteiger partial charge in [0.25, 0.3) is 0 Å². The van der Waals surface area contributed by atoms with Crippen molar-refractivity contribution < 1.29 is 18.3 Å². The third-order valence-corrected chi connectivity index (χ3v) is 4.03. The normalized spacial score (nSPS) is 13.9. The highest BCUT2D eigenvalue weighted by Crippen LogP contribution is 2.26. The second-order valence-electron chi connectivity index (χ2n) is 4.17. The average molecular weight is 289 g/mol. The van der Waals surface area contributed by atoms with Crippen LogP contribution >= 0.6 is 11.8 Å². The molecule has 106 valence electrons. The Morgan fingerprint density at radius 3 is 2.74 bits per heavy atom. The zero-order valence-electron chi connectivity index (χ0n) is 11.1. The zero-order chi connectivity index (χ0) is 14.5. The van der Waals surface area contributed by atoms with Gasteiger partial charge in [0.15, 0.2) is 0 Å². The van der Waals surface area contributed by atoms with Crippen LogP contribution < -0.4 is 5.32 Å². The van der Waals surface area contributed by atoms with Gasteiger partial charge in [-0.3, -0.25) is 4.79 Å². The van der Waals surface area contributed by atoms with E-state index in [0.29, 0.717) is 0 Å². The minimum absolute atomic E-state index is 0.172. The first-order chi connectivity index (χ1) is 8.92. The van der Waals surface area contributed by atoms with E-state index in [1.54, 1.807) is 20.9 Å². The molecular weight excluding hydrogens is 272 g/mol. The van der Waals surface area contributed by atoms with Crippen LogP contribution in [0, 0.1) is 11.6 Å². The summed E-state index contributed by atoms with van der Waals surface area (Å²) >= 11 is 1.07. The predicted molar refractivity (Wildman–Crippen MR) is 71.2 cm³/mol. The fourth-order valence-electron chi connectivity index (χ4n) is 1.33. The van der Waals surface area contributed by atoms with E-state index in [1.807, 2.05) is 0 Å². The summed E-state index contributed by atoms with van der Waals surface area (Å²) in [5, 5.41) is 2.86. The van der Waals surface area contributed by atoms with E-state index in [-0.39, 0.29) is 17.3 Å². The average Bonchev–Trinajstić information content (AvgIpc) is 2.39. The Bertz CT molecular complexity index is 456. The van der Waals surface area contributed by atoms with E-state index in [4.69, 9.17) is 4.74 Å². The Morgan fingerprint density at radius 1 is 1.47 bits per heavy atom. The zero-order valence-corrected chi connectivity index (χ0v) is 11.9. The second kappa shape index (κ2) is 6.86. The molecule has 6 heteroatoms. The lowest BCUT2D eigenvalue weighted by molar-refractivity contribution is -0.149. The van der Waals surface area contributed by atoms with Crippen molar-refractivity contribution in [1.29, 1.82) is 0 Å². The molecule has 0 aromatic heterocycles.